The second kappa shape index (κ2) is 6.20. The SMILES string of the molecule is CC(O)CNC(=O)NCC1CCCCS1(=O)=O. The number of urea groups is 1. The van der Waals surface area contributed by atoms with Crippen LogP contribution in [0.25, 0.3) is 0 Å². The molecule has 2 amide bonds. The molecular formula is C10H20N2O4S. The molecule has 0 aromatic rings. The molecule has 17 heavy (non-hydrogen) atoms. The van der Waals surface area contributed by atoms with Gasteiger partial charge in [0.1, 0.15) is 0 Å². The van der Waals surface area contributed by atoms with E-state index in [9.17, 15) is 13.2 Å². The van der Waals surface area contributed by atoms with E-state index >= 15 is 0 Å². The van der Waals surface area contributed by atoms with Gasteiger partial charge in [0.15, 0.2) is 9.84 Å². The molecule has 1 fully saturated rings. The number of aliphatic hydroxyl groups is 1. The average Bonchev–Trinajstić information content (AvgIpc) is 2.24. The molecule has 0 radical (unpaired) electrons. The van der Waals surface area contributed by atoms with Crippen molar-refractivity contribution in [3.05, 3.63) is 0 Å². The lowest BCUT2D eigenvalue weighted by Gasteiger charge is -2.22. The molecule has 0 aromatic heterocycles. The minimum Gasteiger partial charge on any atom is -0.392 e. The molecule has 2 unspecified atom stereocenters. The fourth-order valence-electron chi connectivity index (χ4n) is 1.76. The van der Waals surface area contributed by atoms with Gasteiger partial charge in [-0.2, -0.15) is 0 Å². The molecule has 0 bridgehead atoms. The molecular weight excluding hydrogens is 244 g/mol. The van der Waals surface area contributed by atoms with Crippen LogP contribution in [0.2, 0.25) is 0 Å². The van der Waals surface area contributed by atoms with Gasteiger partial charge in [0.25, 0.3) is 0 Å². The Morgan fingerprint density at radius 2 is 2.12 bits per heavy atom. The highest BCUT2D eigenvalue weighted by Crippen LogP contribution is 2.18. The van der Waals surface area contributed by atoms with Crippen molar-refractivity contribution in [1.82, 2.24) is 10.6 Å². The van der Waals surface area contributed by atoms with Gasteiger partial charge in [-0.3, -0.25) is 0 Å². The van der Waals surface area contributed by atoms with Crippen LogP contribution >= 0.6 is 0 Å². The Morgan fingerprint density at radius 1 is 1.41 bits per heavy atom. The quantitative estimate of drug-likeness (QED) is 0.646. The third-order valence-electron chi connectivity index (χ3n) is 2.76. The predicted octanol–water partition coefficient (Wildman–Crippen LogP) is -0.366. The van der Waals surface area contributed by atoms with Crippen LogP contribution in [0.3, 0.4) is 0 Å². The van der Waals surface area contributed by atoms with E-state index in [4.69, 9.17) is 5.11 Å². The monoisotopic (exact) mass is 264 g/mol. The Bertz CT molecular complexity index is 353. The van der Waals surface area contributed by atoms with Crippen LogP contribution in [0.5, 0.6) is 0 Å². The van der Waals surface area contributed by atoms with Crippen molar-refractivity contribution in [1.29, 1.82) is 0 Å². The second-order valence-electron chi connectivity index (χ2n) is 4.42. The fraction of sp³-hybridized carbons (Fsp3) is 0.900. The summed E-state index contributed by atoms with van der Waals surface area (Å²) in [5.41, 5.74) is 0. The van der Waals surface area contributed by atoms with Crippen LogP contribution < -0.4 is 10.6 Å². The van der Waals surface area contributed by atoms with Crippen molar-refractivity contribution < 1.29 is 18.3 Å². The summed E-state index contributed by atoms with van der Waals surface area (Å²) in [5, 5.41) is 13.5. The topological polar surface area (TPSA) is 95.5 Å². The summed E-state index contributed by atoms with van der Waals surface area (Å²) < 4.78 is 23.3. The molecule has 0 spiro atoms. The van der Waals surface area contributed by atoms with Crippen LogP contribution in [0, 0.1) is 0 Å². The molecule has 0 saturated carbocycles. The Balaban J connectivity index is 2.32. The van der Waals surface area contributed by atoms with E-state index in [-0.39, 0.29) is 18.8 Å². The van der Waals surface area contributed by atoms with Crippen molar-refractivity contribution in [3.8, 4) is 0 Å². The molecule has 2 atom stereocenters. The number of nitrogens with one attached hydrogen (secondary N) is 2. The second-order valence-corrected chi connectivity index (χ2v) is 6.83. The summed E-state index contributed by atoms with van der Waals surface area (Å²) >= 11 is 0. The Morgan fingerprint density at radius 3 is 2.71 bits per heavy atom. The molecule has 1 saturated heterocycles. The van der Waals surface area contributed by atoms with Gasteiger partial charge in [-0.1, -0.05) is 6.42 Å². The lowest BCUT2D eigenvalue weighted by Crippen LogP contribution is -2.45. The third-order valence-corrected chi connectivity index (χ3v) is 5.04. The number of sulfone groups is 1. The number of aliphatic hydroxyl groups excluding tert-OH is 1. The smallest absolute Gasteiger partial charge is 0.314 e. The largest absolute Gasteiger partial charge is 0.392 e. The standard InChI is InChI=1S/C10H20N2O4S/c1-8(13)6-11-10(14)12-7-9-4-2-3-5-17(9,15)16/h8-9,13H,2-7H2,1H3,(H2,11,12,14). The first kappa shape index (κ1) is 14.2. The summed E-state index contributed by atoms with van der Waals surface area (Å²) in [6.45, 7) is 1.86. The Labute approximate surface area is 102 Å². The number of rotatable bonds is 4. The Hall–Kier alpha value is -0.820. The zero-order valence-electron chi connectivity index (χ0n) is 9.98. The molecule has 3 N–H and O–H groups in total. The number of carbonyl (C=O) groups is 1. The lowest BCUT2D eigenvalue weighted by molar-refractivity contribution is 0.187. The van der Waals surface area contributed by atoms with Gasteiger partial charge in [-0.25, -0.2) is 13.2 Å². The van der Waals surface area contributed by atoms with Crippen molar-refractivity contribution in [2.75, 3.05) is 18.8 Å². The number of carbonyl (C=O) groups excluding carboxylic acids is 1. The summed E-state index contributed by atoms with van der Waals surface area (Å²) in [7, 11) is -3.04. The minimum absolute atomic E-state index is 0.147. The van der Waals surface area contributed by atoms with Gasteiger partial charge in [0, 0.05) is 13.1 Å². The maximum absolute atomic E-state index is 11.6. The van der Waals surface area contributed by atoms with Gasteiger partial charge >= 0.3 is 6.03 Å². The molecule has 100 valence electrons. The molecule has 0 aromatic carbocycles. The van der Waals surface area contributed by atoms with Crippen LogP contribution in [0.1, 0.15) is 26.2 Å². The van der Waals surface area contributed by atoms with Crippen molar-refractivity contribution >= 4 is 15.9 Å². The minimum atomic E-state index is -3.04. The van der Waals surface area contributed by atoms with E-state index in [2.05, 4.69) is 10.6 Å². The molecule has 1 aliphatic rings. The van der Waals surface area contributed by atoms with Crippen LogP contribution in [0.4, 0.5) is 4.79 Å². The highest BCUT2D eigenvalue weighted by atomic mass is 32.2. The zero-order valence-corrected chi connectivity index (χ0v) is 10.8. The zero-order chi connectivity index (χ0) is 12.9. The van der Waals surface area contributed by atoms with E-state index in [1.807, 2.05) is 0 Å². The lowest BCUT2D eigenvalue weighted by atomic mass is 10.2. The first-order valence-electron chi connectivity index (χ1n) is 5.83. The maximum atomic E-state index is 11.6. The van der Waals surface area contributed by atoms with Gasteiger partial charge < -0.3 is 15.7 Å². The van der Waals surface area contributed by atoms with Crippen molar-refractivity contribution in [3.63, 3.8) is 0 Å². The van der Waals surface area contributed by atoms with Gasteiger partial charge in [0.2, 0.25) is 0 Å². The van der Waals surface area contributed by atoms with Gasteiger partial charge in [-0.15, -0.1) is 0 Å². The van der Waals surface area contributed by atoms with Crippen LogP contribution in [-0.4, -0.2) is 49.8 Å². The molecule has 0 aliphatic carbocycles. The summed E-state index contributed by atoms with van der Waals surface area (Å²) in [5.74, 6) is 0.217. The normalized spacial score (nSPS) is 24.9. The molecule has 1 rings (SSSR count). The number of amides is 2. The maximum Gasteiger partial charge on any atom is 0.314 e. The van der Waals surface area contributed by atoms with E-state index in [0.717, 1.165) is 6.42 Å². The number of hydrogen-bond donors (Lipinski definition) is 3. The summed E-state index contributed by atoms with van der Waals surface area (Å²) in [4.78, 5) is 11.3. The molecule has 1 heterocycles. The molecule has 1 aliphatic heterocycles. The fourth-order valence-corrected chi connectivity index (χ4v) is 3.56. The summed E-state index contributed by atoms with van der Waals surface area (Å²) in [6.07, 6.45) is 1.60. The third kappa shape index (κ3) is 4.91. The van der Waals surface area contributed by atoms with Crippen molar-refractivity contribution in [2.24, 2.45) is 0 Å². The first-order valence-corrected chi connectivity index (χ1v) is 7.54. The average molecular weight is 264 g/mol. The van der Waals surface area contributed by atoms with E-state index in [1.54, 1.807) is 6.92 Å². The predicted molar refractivity (Wildman–Crippen MR) is 64.5 cm³/mol. The van der Waals surface area contributed by atoms with E-state index in [1.165, 1.54) is 0 Å². The molecule has 6 nitrogen and oxygen atoms in total. The summed E-state index contributed by atoms with van der Waals surface area (Å²) in [6, 6.07) is -0.438. The first-order chi connectivity index (χ1) is 7.92. The Kier molecular flexibility index (Phi) is 5.20. The highest BCUT2D eigenvalue weighted by Gasteiger charge is 2.28. The molecule has 7 heteroatoms. The van der Waals surface area contributed by atoms with Gasteiger partial charge in [0.05, 0.1) is 17.1 Å². The van der Waals surface area contributed by atoms with E-state index in [0.29, 0.717) is 12.8 Å². The van der Waals surface area contributed by atoms with Crippen LogP contribution in [-0.2, 0) is 9.84 Å². The highest BCUT2D eigenvalue weighted by molar-refractivity contribution is 7.92. The van der Waals surface area contributed by atoms with Crippen LogP contribution in [0.15, 0.2) is 0 Å². The number of hydrogen-bond acceptors (Lipinski definition) is 4. The van der Waals surface area contributed by atoms with E-state index < -0.39 is 27.2 Å². The van der Waals surface area contributed by atoms with Crippen molar-refractivity contribution in [2.45, 2.75) is 37.5 Å². The van der Waals surface area contributed by atoms with Gasteiger partial charge in [-0.05, 0) is 19.8 Å².